The smallest absolute Gasteiger partial charge is 0.0900 e. The average molecular weight is 275 g/mol. The first kappa shape index (κ1) is 13.3. The standard InChI is InChI=1S/C8H15ClO2S3/c9-1-7(10)3-12-5-14-6-13-4-8-2-11-8/h7-8,10H,1-6H2. The van der Waals surface area contributed by atoms with Crippen molar-refractivity contribution in [3.63, 3.8) is 0 Å². The molecule has 6 heteroatoms. The molecule has 0 radical (unpaired) electrons. The highest BCUT2D eigenvalue weighted by molar-refractivity contribution is 8.22. The van der Waals surface area contributed by atoms with Crippen molar-refractivity contribution in [3.05, 3.63) is 0 Å². The molecule has 0 bridgehead atoms. The van der Waals surface area contributed by atoms with Gasteiger partial charge in [-0.2, -0.15) is 0 Å². The topological polar surface area (TPSA) is 32.8 Å². The van der Waals surface area contributed by atoms with Crippen molar-refractivity contribution >= 4 is 46.9 Å². The highest BCUT2D eigenvalue weighted by Crippen LogP contribution is 2.22. The minimum absolute atomic E-state index is 0.339. The molecular weight excluding hydrogens is 260 g/mol. The van der Waals surface area contributed by atoms with Gasteiger partial charge in [-0.15, -0.1) is 46.9 Å². The summed E-state index contributed by atoms with van der Waals surface area (Å²) in [6.07, 6.45) is 0.182. The highest BCUT2D eigenvalue weighted by Gasteiger charge is 2.21. The van der Waals surface area contributed by atoms with Crippen molar-refractivity contribution in [2.45, 2.75) is 12.2 Å². The normalized spacial score (nSPS) is 22.3. The quantitative estimate of drug-likeness (QED) is 0.301. The molecule has 1 saturated heterocycles. The number of ether oxygens (including phenoxy) is 1. The van der Waals surface area contributed by atoms with Crippen LogP contribution in [-0.4, -0.2) is 51.5 Å². The largest absolute Gasteiger partial charge is 0.391 e. The van der Waals surface area contributed by atoms with E-state index in [-0.39, 0.29) is 6.10 Å². The van der Waals surface area contributed by atoms with Crippen LogP contribution in [0.2, 0.25) is 0 Å². The zero-order valence-electron chi connectivity index (χ0n) is 7.86. The maximum Gasteiger partial charge on any atom is 0.0900 e. The van der Waals surface area contributed by atoms with Gasteiger partial charge in [-0.3, -0.25) is 0 Å². The van der Waals surface area contributed by atoms with E-state index >= 15 is 0 Å². The molecule has 14 heavy (non-hydrogen) atoms. The Hall–Kier alpha value is 1.26. The monoisotopic (exact) mass is 274 g/mol. The fraction of sp³-hybridized carbons (Fsp3) is 1.00. The predicted octanol–water partition coefficient (Wildman–Crippen LogP) is 2.10. The van der Waals surface area contributed by atoms with Crippen molar-refractivity contribution in [1.82, 2.24) is 0 Å². The molecule has 1 rings (SSSR count). The first-order valence-electron chi connectivity index (χ1n) is 4.41. The molecule has 0 spiro atoms. The van der Waals surface area contributed by atoms with Crippen LogP contribution in [0.3, 0.4) is 0 Å². The van der Waals surface area contributed by atoms with E-state index in [1.807, 2.05) is 23.5 Å². The zero-order valence-corrected chi connectivity index (χ0v) is 11.1. The third-order valence-electron chi connectivity index (χ3n) is 1.53. The first-order chi connectivity index (χ1) is 6.83. The molecule has 0 amide bonds. The molecule has 2 unspecified atom stereocenters. The molecule has 1 aliphatic rings. The Morgan fingerprint density at radius 1 is 1.36 bits per heavy atom. The second kappa shape index (κ2) is 8.42. The third-order valence-corrected chi connectivity index (χ3v) is 5.78. The van der Waals surface area contributed by atoms with Crippen molar-refractivity contribution in [2.24, 2.45) is 0 Å². The second-order valence-corrected chi connectivity index (χ2v) is 7.03. The minimum Gasteiger partial charge on any atom is -0.391 e. The summed E-state index contributed by atoms with van der Waals surface area (Å²) in [6, 6.07) is 0. The lowest BCUT2D eigenvalue weighted by Crippen LogP contribution is -2.11. The van der Waals surface area contributed by atoms with Crippen LogP contribution in [-0.2, 0) is 4.74 Å². The van der Waals surface area contributed by atoms with Crippen LogP contribution >= 0.6 is 46.9 Å². The Morgan fingerprint density at radius 3 is 2.71 bits per heavy atom. The Morgan fingerprint density at radius 2 is 2.07 bits per heavy atom. The van der Waals surface area contributed by atoms with Crippen LogP contribution in [0.5, 0.6) is 0 Å². The van der Waals surface area contributed by atoms with E-state index in [9.17, 15) is 0 Å². The van der Waals surface area contributed by atoms with E-state index in [2.05, 4.69) is 0 Å². The molecule has 1 heterocycles. The first-order valence-corrected chi connectivity index (χ1v) is 8.41. The van der Waals surface area contributed by atoms with Gasteiger partial charge in [0.05, 0.1) is 18.8 Å². The summed E-state index contributed by atoms with van der Waals surface area (Å²) in [5, 5.41) is 11.3. The van der Waals surface area contributed by atoms with Crippen molar-refractivity contribution in [2.75, 3.05) is 34.2 Å². The van der Waals surface area contributed by atoms with Crippen LogP contribution in [0, 0.1) is 0 Å². The number of halogens is 1. The summed E-state index contributed by atoms with van der Waals surface area (Å²) >= 11 is 11.0. The van der Waals surface area contributed by atoms with Gasteiger partial charge in [-0.1, -0.05) is 0 Å². The summed E-state index contributed by atoms with van der Waals surface area (Å²) in [6.45, 7) is 0.953. The molecule has 0 aromatic rings. The van der Waals surface area contributed by atoms with E-state index in [0.717, 1.165) is 28.3 Å². The number of thioether (sulfide) groups is 3. The number of hydrogen-bond donors (Lipinski definition) is 1. The van der Waals surface area contributed by atoms with Crippen LogP contribution in [0.25, 0.3) is 0 Å². The number of rotatable bonds is 9. The molecule has 2 atom stereocenters. The lowest BCUT2D eigenvalue weighted by atomic mass is 10.5. The summed E-state index contributed by atoms with van der Waals surface area (Å²) in [4.78, 5) is 0. The second-order valence-electron chi connectivity index (χ2n) is 2.94. The summed E-state index contributed by atoms with van der Waals surface area (Å²) in [7, 11) is 0. The summed E-state index contributed by atoms with van der Waals surface area (Å²) in [5.41, 5.74) is 0. The average Bonchev–Trinajstić information content (AvgIpc) is 2.99. The molecule has 0 saturated carbocycles. The number of hydrogen-bond acceptors (Lipinski definition) is 5. The SMILES string of the molecule is OC(CCl)CSCSCSCC1CO1. The minimum atomic E-state index is -0.352. The van der Waals surface area contributed by atoms with Crippen molar-refractivity contribution < 1.29 is 9.84 Å². The summed E-state index contributed by atoms with van der Waals surface area (Å²) < 4.78 is 5.10. The lowest BCUT2D eigenvalue weighted by Gasteiger charge is -2.05. The molecule has 0 aromatic carbocycles. The van der Waals surface area contributed by atoms with Crippen LogP contribution < -0.4 is 0 Å². The van der Waals surface area contributed by atoms with E-state index in [4.69, 9.17) is 21.4 Å². The number of alkyl halides is 1. The van der Waals surface area contributed by atoms with E-state index in [0.29, 0.717) is 12.0 Å². The molecule has 0 aromatic heterocycles. The Balaban J connectivity index is 1.70. The van der Waals surface area contributed by atoms with Crippen molar-refractivity contribution in [1.29, 1.82) is 0 Å². The molecule has 0 aliphatic carbocycles. The van der Waals surface area contributed by atoms with Crippen LogP contribution in [0.4, 0.5) is 0 Å². The zero-order chi connectivity index (χ0) is 10.2. The van der Waals surface area contributed by atoms with Gasteiger partial charge in [0.15, 0.2) is 0 Å². The molecule has 2 nitrogen and oxygen atoms in total. The van der Waals surface area contributed by atoms with E-state index < -0.39 is 0 Å². The number of epoxide rings is 1. The van der Waals surface area contributed by atoms with Gasteiger partial charge in [0.1, 0.15) is 0 Å². The molecule has 84 valence electrons. The maximum atomic E-state index is 9.16. The van der Waals surface area contributed by atoms with Gasteiger partial charge in [0.2, 0.25) is 0 Å². The van der Waals surface area contributed by atoms with E-state index in [1.165, 1.54) is 0 Å². The fourth-order valence-electron chi connectivity index (χ4n) is 0.724. The Kier molecular flexibility index (Phi) is 8.01. The number of aliphatic hydroxyl groups is 1. The van der Waals surface area contributed by atoms with E-state index in [1.54, 1.807) is 11.8 Å². The van der Waals surface area contributed by atoms with Crippen molar-refractivity contribution in [3.8, 4) is 0 Å². The molecule has 1 N–H and O–H groups in total. The van der Waals surface area contributed by atoms with Gasteiger partial charge in [0, 0.05) is 27.6 Å². The summed E-state index contributed by atoms with van der Waals surface area (Å²) in [5.74, 6) is 2.21. The lowest BCUT2D eigenvalue weighted by molar-refractivity contribution is 0.224. The van der Waals surface area contributed by atoms with Crippen LogP contribution in [0.15, 0.2) is 0 Å². The Labute approximate surface area is 103 Å². The Bertz CT molecular complexity index is 147. The van der Waals surface area contributed by atoms with Gasteiger partial charge in [-0.05, 0) is 0 Å². The molecule has 1 fully saturated rings. The van der Waals surface area contributed by atoms with Gasteiger partial charge >= 0.3 is 0 Å². The number of aliphatic hydroxyl groups excluding tert-OH is 1. The highest BCUT2D eigenvalue weighted by atomic mass is 35.5. The van der Waals surface area contributed by atoms with Gasteiger partial charge in [-0.25, -0.2) is 0 Å². The molecule has 1 aliphatic heterocycles. The maximum absolute atomic E-state index is 9.16. The van der Waals surface area contributed by atoms with Crippen LogP contribution in [0.1, 0.15) is 0 Å². The van der Waals surface area contributed by atoms with Gasteiger partial charge in [0.25, 0.3) is 0 Å². The van der Waals surface area contributed by atoms with Gasteiger partial charge < -0.3 is 9.84 Å². The third kappa shape index (κ3) is 7.54. The predicted molar refractivity (Wildman–Crippen MR) is 68.7 cm³/mol. The fourth-order valence-corrected chi connectivity index (χ4v) is 4.41. The molecular formula is C8H15ClO2S3.